The van der Waals surface area contributed by atoms with Gasteiger partial charge in [-0.1, -0.05) is 31.2 Å². The van der Waals surface area contributed by atoms with Crippen LogP contribution in [0.2, 0.25) is 0 Å². The van der Waals surface area contributed by atoms with E-state index in [4.69, 9.17) is 5.73 Å². The Morgan fingerprint density at radius 3 is 2.89 bits per heavy atom. The number of nitrogens with two attached hydrogens (primary N) is 1. The lowest BCUT2D eigenvalue weighted by Gasteiger charge is -2.13. The normalized spacial score (nSPS) is 12.5. The summed E-state index contributed by atoms with van der Waals surface area (Å²) >= 11 is 0. The zero-order chi connectivity index (χ0) is 13.0. The largest absolute Gasteiger partial charge is 0.368 e. The molecule has 0 saturated heterocycles. The van der Waals surface area contributed by atoms with Gasteiger partial charge in [-0.25, -0.2) is 0 Å². The maximum absolute atomic E-state index is 11.2. The van der Waals surface area contributed by atoms with Gasteiger partial charge in [-0.2, -0.15) is 0 Å². The number of pyridine rings is 1. The van der Waals surface area contributed by atoms with Gasteiger partial charge < -0.3 is 11.1 Å². The van der Waals surface area contributed by atoms with E-state index in [0.717, 1.165) is 16.5 Å². The van der Waals surface area contributed by atoms with Gasteiger partial charge in [0.1, 0.15) is 0 Å². The van der Waals surface area contributed by atoms with Crippen molar-refractivity contribution in [3.8, 4) is 0 Å². The van der Waals surface area contributed by atoms with E-state index in [2.05, 4.69) is 10.3 Å². The number of hydrogen-bond donors (Lipinski definition) is 2. The minimum absolute atomic E-state index is 0.288. The van der Waals surface area contributed by atoms with Gasteiger partial charge in [0, 0.05) is 18.1 Å². The standard InChI is InChI=1S/C14H17N3O/c1-2-12(14(15)18)17-9-11-6-3-5-10-7-4-8-16-13(10)11/h3-8,12,17H,2,9H2,1H3,(H2,15,18). The lowest BCUT2D eigenvalue weighted by molar-refractivity contribution is -0.120. The van der Waals surface area contributed by atoms with Gasteiger partial charge in [-0.15, -0.1) is 0 Å². The number of amides is 1. The van der Waals surface area contributed by atoms with Crippen molar-refractivity contribution in [1.29, 1.82) is 0 Å². The number of benzene rings is 1. The molecule has 0 aliphatic carbocycles. The Balaban J connectivity index is 2.19. The van der Waals surface area contributed by atoms with Crippen molar-refractivity contribution in [3.05, 3.63) is 42.1 Å². The molecule has 0 aliphatic heterocycles. The number of nitrogens with one attached hydrogen (secondary N) is 1. The molecule has 0 radical (unpaired) electrons. The molecule has 1 heterocycles. The number of primary amides is 1. The third-order valence-electron chi connectivity index (χ3n) is 3.01. The van der Waals surface area contributed by atoms with E-state index in [0.29, 0.717) is 13.0 Å². The van der Waals surface area contributed by atoms with Crippen LogP contribution in [0, 0.1) is 0 Å². The van der Waals surface area contributed by atoms with Crippen LogP contribution >= 0.6 is 0 Å². The fourth-order valence-electron chi connectivity index (χ4n) is 1.99. The fraction of sp³-hybridized carbons (Fsp3) is 0.286. The highest BCUT2D eigenvalue weighted by atomic mass is 16.1. The molecule has 1 aromatic carbocycles. The average Bonchev–Trinajstić information content (AvgIpc) is 2.39. The lowest BCUT2D eigenvalue weighted by atomic mass is 10.1. The van der Waals surface area contributed by atoms with Gasteiger partial charge >= 0.3 is 0 Å². The predicted octanol–water partition coefficient (Wildman–Crippen LogP) is 1.59. The summed E-state index contributed by atoms with van der Waals surface area (Å²) < 4.78 is 0. The van der Waals surface area contributed by atoms with Crippen molar-refractivity contribution in [2.75, 3.05) is 0 Å². The summed E-state index contributed by atoms with van der Waals surface area (Å²) in [6.07, 6.45) is 2.46. The minimum atomic E-state index is -0.314. The number of rotatable bonds is 5. The molecule has 3 N–H and O–H groups in total. The molecule has 4 nitrogen and oxygen atoms in total. The molecule has 1 aromatic heterocycles. The first-order valence-corrected chi connectivity index (χ1v) is 6.07. The molecule has 4 heteroatoms. The number of fused-ring (bicyclic) bond motifs is 1. The summed E-state index contributed by atoms with van der Waals surface area (Å²) in [4.78, 5) is 15.5. The van der Waals surface area contributed by atoms with Crippen LogP contribution in [-0.4, -0.2) is 16.9 Å². The van der Waals surface area contributed by atoms with Crippen LogP contribution < -0.4 is 11.1 Å². The van der Waals surface area contributed by atoms with E-state index in [9.17, 15) is 4.79 Å². The van der Waals surface area contributed by atoms with E-state index in [-0.39, 0.29) is 11.9 Å². The zero-order valence-corrected chi connectivity index (χ0v) is 10.4. The molecule has 1 amide bonds. The zero-order valence-electron chi connectivity index (χ0n) is 10.4. The maximum Gasteiger partial charge on any atom is 0.234 e. The lowest BCUT2D eigenvalue weighted by Crippen LogP contribution is -2.40. The molecule has 1 unspecified atom stereocenters. The van der Waals surface area contributed by atoms with Crippen molar-refractivity contribution in [3.63, 3.8) is 0 Å². The molecule has 2 aromatic rings. The Labute approximate surface area is 106 Å². The Hall–Kier alpha value is -1.94. The summed E-state index contributed by atoms with van der Waals surface area (Å²) in [6, 6.07) is 9.68. The van der Waals surface area contributed by atoms with Gasteiger partial charge in [-0.05, 0) is 18.1 Å². The monoisotopic (exact) mass is 243 g/mol. The van der Waals surface area contributed by atoms with Crippen LogP contribution in [0.5, 0.6) is 0 Å². The SMILES string of the molecule is CCC(NCc1cccc2cccnc12)C(N)=O. The van der Waals surface area contributed by atoms with E-state index < -0.39 is 0 Å². The molecule has 1 atom stereocenters. The molecular weight excluding hydrogens is 226 g/mol. The number of nitrogens with zero attached hydrogens (tertiary/aromatic N) is 1. The smallest absolute Gasteiger partial charge is 0.234 e. The van der Waals surface area contributed by atoms with E-state index in [1.807, 2.05) is 37.3 Å². The average molecular weight is 243 g/mol. The van der Waals surface area contributed by atoms with Crippen molar-refractivity contribution in [2.45, 2.75) is 25.9 Å². The first-order chi connectivity index (χ1) is 8.72. The van der Waals surface area contributed by atoms with E-state index >= 15 is 0 Å². The first kappa shape index (κ1) is 12.5. The quantitative estimate of drug-likeness (QED) is 0.838. The van der Waals surface area contributed by atoms with Crippen molar-refractivity contribution in [1.82, 2.24) is 10.3 Å². The second kappa shape index (κ2) is 5.60. The molecule has 2 rings (SSSR count). The van der Waals surface area contributed by atoms with E-state index in [1.165, 1.54) is 0 Å². The molecule has 0 fully saturated rings. The molecule has 0 aliphatic rings. The predicted molar refractivity (Wildman–Crippen MR) is 71.9 cm³/mol. The Morgan fingerprint density at radius 1 is 1.39 bits per heavy atom. The van der Waals surface area contributed by atoms with Crippen molar-refractivity contribution in [2.24, 2.45) is 5.73 Å². The molecule has 0 saturated carbocycles. The number of para-hydroxylation sites is 1. The number of carbonyl (C=O) groups is 1. The van der Waals surface area contributed by atoms with Crippen LogP contribution in [0.4, 0.5) is 0 Å². The Morgan fingerprint density at radius 2 is 2.17 bits per heavy atom. The topological polar surface area (TPSA) is 68.0 Å². The summed E-state index contributed by atoms with van der Waals surface area (Å²) in [5.74, 6) is -0.314. The molecule has 0 spiro atoms. The van der Waals surface area contributed by atoms with Gasteiger partial charge in [0.25, 0.3) is 0 Å². The van der Waals surface area contributed by atoms with Crippen LogP contribution in [0.25, 0.3) is 10.9 Å². The summed E-state index contributed by atoms with van der Waals surface area (Å²) in [6.45, 7) is 2.53. The number of hydrogen-bond acceptors (Lipinski definition) is 3. The number of aromatic nitrogens is 1. The minimum Gasteiger partial charge on any atom is -0.368 e. The van der Waals surface area contributed by atoms with Gasteiger partial charge in [-0.3, -0.25) is 9.78 Å². The van der Waals surface area contributed by atoms with Crippen molar-refractivity contribution < 1.29 is 4.79 Å². The highest BCUT2D eigenvalue weighted by Gasteiger charge is 2.12. The summed E-state index contributed by atoms with van der Waals surface area (Å²) in [5.41, 5.74) is 7.35. The summed E-state index contributed by atoms with van der Waals surface area (Å²) in [5, 5.41) is 4.26. The van der Waals surface area contributed by atoms with Crippen molar-refractivity contribution >= 4 is 16.8 Å². The van der Waals surface area contributed by atoms with Crippen LogP contribution in [0.1, 0.15) is 18.9 Å². The second-order valence-electron chi connectivity index (χ2n) is 4.24. The highest BCUT2D eigenvalue weighted by molar-refractivity contribution is 5.82. The Kier molecular flexibility index (Phi) is 3.89. The van der Waals surface area contributed by atoms with Gasteiger partial charge in [0.2, 0.25) is 5.91 Å². The second-order valence-corrected chi connectivity index (χ2v) is 4.24. The highest BCUT2D eigenvalue weighted by Crippen LogP contribution is 2.15. The molecule has 94 valence electrons. The molecule has 18 heavy (non-hydrogen) atoms. The first-order valence-electron chi connectivity index (χ1n) is 6.07. The van der Waals surface area contributed by atoms with Crippen LogP contribution in [-0.2, 0) is 11.3 Å². The Bertz CT molecular complexity index is 548. The van der Waals surface area contributed by atoms with Gasteiger partial charge in [0.15, 0.2) is 0 Å². The third kappa shape index (κ3) is 2.65. The van der Waals surface area contributed by atoms with Gasteiger partial charge in [0.05, 0.1) is 11.6 Å². The third-order valence-corrected chi connectivity index (χ3v) is 3.01. The summed E-state index contributed by atoms with van der Waals surface area (Å²) in [7, 11) is 0. The molecule has 0 bridgehead atoms. The maximum atomic E-state index is 11.2. The fourth-order valence-corrected chi connectivity index (χ4v) is 1.99. The van der Waals surface area contributed by atoms with Crippen LogP contribution in [0.3, 0.4) is 0 Å². The molecular formula is C14H17N3O. The number of carbonyl (C=O) groups excluding carboxylic acids is 1. The van der Waals surface area contributed by atoms with Crippen LogP contribution in [0.15, 0.2) is 36.5 Å². The van der Waals surface area contributed by atoms with E-state index in [1.54, 1.807) is 6.20 Å².